The van der Waals surface area contributed by atoms with Gasteiger partial charge in [-0.15, -0.1) is 11.3 Å². The maximum atomic E-state index is 13.9. The lowest BCUT2D eigenvalue weighted by molar-refractivity contribution is -0.140. The van der Waals surface area contributed by atoms with Crippen LogP contribution in [0.2, 0.25) is 0 Å². The number of nitrogens with zero attached hydrogens (tertiary/aromatic N) is 1. The molecule has 4 aromatic rings. The van der Waals surface area contributed by atoms with Crippen molar-refractivity contribution in [2.24, 2.45) is 0 Å². The topological polar surface area (TPSA) is 108 Å². The fourth-order valence-electron chi connectivity index (χ4n) is 5.64. The highest BCUT2D eigenvalue weighted by Gasteiger charge is 2.35. The Hall–Kier alpha value is -4.70. The molecule has 1 fully saturated rings. The van der Waals surface area contributed by atoms with Gasteiger partial charge in [0.15, 0.2) is 0 Å². The van der Waals surface area contributed by atoms with Crippen molar-refractivity contribution in [2.75, 3.05) is 30.8 Å². The molecule has 3 N–H and O–H groups in total. The van der Waals surface area contributed by atoms with Crippen LogP contribution in [0, 0.1) is 5.82 Å². The van der Waals surface area contributed by atoms with E-state index in [0.717, 1.165) is 24.3 Å². The van der Waals surface area contributed by atoms with E-state index in [-0.39, 0.29) is 50.2 Å². The summed E-state index contributed by atoms with van der Waals surface area (Å²) < 4.78 is 99.7. The number of carbonyl (C=O) groups is 3. The lowest BCUT2D eigenvalue weighted by Crippen LogP contribution is -2.34. The second kappa shape index (κ2) is 13.5. The fraction of sp³-hybridized carbons (Fsp3) is 0.324. The Morgan fingerprint density at radius 3 is 2.30 bits per heavy atom. The van der Waals surface area contributed by atoms with Gasteiger partial charge in [-0.2, -0.15) is 26.3 Å². The molecule has 1 unspecified atom stereocenters. The fourth-order valence-corrected chi connectivity index (χ4v) is 6.74. The minimum Gasteiger partial charge on any atom is -0.496 e. The molecule has 1 aliphatic rings. The predicted molar refractivity (Wildman–Crippen MR) is 172 cm³/mol. The van der Waals surface area contributed by atoms with Crippen LogP contribution in [-0.2, 0) is 17.1 Å². The van der Waals surface area contributed by atoms with Crippen LogP contribution in [-0.4, -0.2) is 53.5 Å². The van der Waals surface area contributed by atoms with Crippen molar-refractivity contribution in [3.05, 3.63) is 87.5 Å². The van der Waals surface area contributed by atoms with Crippen LogP contribution >= 0.6 is 11.3 Å². The van der Waals surface area contributed by atoms with Crippen molar-refractivity contribution >= 4 is 50.5 Å². The Morgan fingerprint density at radius 2 is 1.66 bits per heavy atom. The summed E-state index contributed by atoms with van der Waals surface area (Å²) in [5, 5.41) is 14.9. The highest BCUT2D eigenvalue weighted by atomic mass is 32.1. The summed E-state index contributed by atoms with van der Waals surface area (Å²) in [5.41, 5.74) is -3.86. The van der Waals surface area contributed by atoms with Crippen LogP contribution in [0.1, 0.15) is 69.3 Å². The summed E-state index contributed by atoms with van der Waals surface area (Å²) >= 11 is 0.562. The van der Waals surface area contributed by atoms with Gasteiger partial charge in [0.2, 0.25) is 5.91 Å². The number of hydrogen-bond donors (Lipinski definition) is 3. The first-order valence-electron chi connectivity index (χ1n) is 15.1. The number of rotatable bonds is 8. The number of alkyl halides is 6. The maximum absolute atomic E-state index is 13.9. The second-order valence-corrected chi connectivity index (χ2v) is 13.4. The zero-order valence-electron chi connectivity index (χ0n) is 26.7. The Balaban J connectivity index is 1.49. The maximum Gasteiger partial charge on any atom is 0.419 e. The zero-order valence-corrected chi connectivity index (χ0v) is 27.5. The van der Waals surface area contributed by atoms with Crippen molar-refractivity contribution in [1.29, 1.82) is 0 Å². The molecule has 0 bridgehead atoms. The minimum absolute atomic E-state index is 0.00255. The van der Waals surface area contributed by atoms with Crippen molar-refractivity contribution in [3.8, 4) is 5.75 Å². The lowest BCUT2D eigenvalue weighted by atomic mass is 9.95. The number of hydrogen-bond acceptors (Lipinski definition) is 6. The molecule has 3 aromatic carbocycles. The zero-order chi connectivity index (χ0) is 36.8. The van der Waals surface area contributed by atoms with Crippen molar-refractivity contribution in [3.63, 3.8) is 0 Å². The number of fused-ring (bicyclic) bond motifs is 1. The Kier molecular flexibility index (Phi) is 9.91. The van der Waals surface area contributed by atoms with Crippen LogP contribution in [0.15, 0.2) is 54.6 Å². The smallest absolute Gasteiger partial charge is 0.419 e. The van der Waals surface area contributed by atoms with Gasteiger partial charge >= 0.3 is 12.4 Å². The monoisotopic (exact) mass is 725 g/mol. The van der Waals surface area contributed by atoms with Gasteiger partial charge in [0.05, 0.1) is 41.5 Å². The van der Waals surface area contributed by atoms with Gasteiger partial charge in [0, 0.05) is 34.8 Å². The van der Waals surface area contributed by atoms with Crippen molar-refractivity contribution < 1.29 is 55.0 Å². The average Bonchev–Trinajstić information content (AvgIpc) is 3.65. The first-order chi connectivity index (χ1) is 23.2. The van der Waals surface area contributed by atoms with E-state index in [1.165, 1.54) is 33.1 Å². The van der Waals surface area contributed by atoms with Crippen LogP contribution < -0.4 is 15.4 Å². The third-order valence-electron chi connectivity index (χ3n) is 8.06. The van der Waals surface area contributed by atoms with Crippen LogP contribution in [0.4, 0.5) is 42.1 Å². The summed E-state index contributed by atoms with van der Waals surface area (Å²) in [6.45, 7) is 3.80. The van der Waals surface area contributed by atoms with Gasteiger partial charge in [0.25, 0.3) is 11.8 Å². The number of thiophene rings is 1. The standard InChI is InChI=1S/C34H30F7N3O5S/c1-32(2,48)15-27(45)44-11-10-18(16-44)17-4-9-25(49-3)22(12-17)30(46)43-28-21-7-5-19(33(36,37)38)13-26(21)50-29(28)31(47)42-20-6-8-24(35)23(14-20)34(39,40)41/h4-9,12-14,18,48H,10-11,15-16H2,1-3H3,(H,42,47)(H,43,46). The molecule has 0 aliphatic carbocycles. The predicted octanol–water partition coefficient (Wildman–Crippen LogP) is 8.07. The van der Waals surface area contributed by atoms with Crippen LogP contribution in [0.3, 0.4) is 0 Å². The number of methoxy groups -OCH3 is 1. The largest absolute Gasteiger partial charge is 0.496 e. The molecule has 3 amide bonds. The van der Waals surface area contributed by atoms with E-state index in [1.807, 2.05) is 0 Å². The molecular formula is C34H30F7N3O5S. The number of benzene rings is 3. The van der Waals surface area contributed by atoms with Gasteiger partial charge < -0.3 is 25.4 Å². The summed E-state index contributed by atoms with van der Waals surface area (Å²) in [6, 6.07) is 9.16. The van der Waals surface area contributed by atoms with E-state index in [1.54, 1.807) is 11.0 Å². The van der Waals surface area contributed by atoms with Gasteiger partial charge in [-0.25, -0.2) is 4.39 Å². The summed E-state index contributed by atoms with van der Waals surface area (Å²) in [5.74, 6) is -3.75. The van der Waals surface area contributed by atoms with Crippen molar-refractivity contribution in [2.45, 2.75) is 50.6 Å². The molecule has 0 saturated carbocycles. The molecule has 1 aliphatic heterocycles. The lowest BCUT2D eigenvalue weighted by Gasteiger charge is -2.22. The third kappa shape index (κ3) is 8.02. The Morgan fingerprint density at radius 1 is 0.940 bits per heavy atom. The molecule has 1 atom stereocenters. The Bertz CT molecular complexity index is 1970. The number of amides is 3. The molecular weight excluding hydrogens is 695 g/mol. The summed E-state index contributed by atoms with van der Waals surface area (Å²) in [6.07, 6.45) is -9.33. The van der Waals surface area contributed by atoms with E-state index in [4.69, 9.17) is 4.74 Å². The quantitative estimate of drug-likeness (QED) is 0.159. The molecule has 1 saturated heterocycles. The normalized spacial score (nSPS) is 15.3. The number of nitrogens with one attached hydrogen (secondary N) is 2. The first-order valence-corrected chi connectivity index (χ1v) is 15.9. The molecule has 1 aromatic heterocycles. The number of likely N-dealkylation sites (tertiary alicyclic amines) is 1. The molecule has 50 heavy (non-hydrogen) atoms. The average molecular weight is 726 g/mol. The molecule has 0 spiro atoms. The highest BCUT2D eigenvalue weighted by molar-refractivity contribution is 7.21. The summed E-state index contributed by atoms with van der Waals surface area (Å²) in [4.78, 5) is 41.2. The van der Waals surface area contributed by atoms with Crippen LogP contribution in [0.5, 0.6) is 5.75 Å². The van der Waals surface area contributed by atoms with E-state index in [0.29, 0.717) is 48.5 Å². The van der Waals surface area contributed by atoms with Gasteiger partial charge in [-0.05, 0) is 68.3 Å². The number of ether oxygens (including phenoxy) is 1. The first kappa shape index (κ1) is 36.6. The van der Waals surface area contributed by atoms with Gasteiger partial charge in [-0.1, -0.05) is 12.1 Å². The number of anilines is 2. The number of halogens is 7. The van der Waals surface area contributed by atoms with Gasteiger partial charge in [0.1, 0.15) is 16.4 Å². The molecule has 5 rings (SSSR count). The third-order valence-corrected chi connectivity index (χ3v) is 9.21. The molecule has 16 heteroatoms. The molecule has 8 nitrogen and oxygen atoms in total. The van der Waals surface area contributed by atoms with Gasteiger partial charge in [-0.3, -0.25) is 14.4 Å². The number of aliphatic hydroxyl groups is 1. The SMILES string of the molecule is COc1ccc(C2CCN(C(=O)CC(C)(C)O)C2)cc1C(=O)Nc1c(C(=O)Nc2ccc(F)c(C(F)(F)F)c2)sc2cc(C(F)(F)F)ccc12. The van der Waals surface area contributed by atoms with E-state index >= 15 is 0 Å². The van der Waals surface area contributed by atoms with Crippen LogP contribution in [0.25, 0.3) is 10.1 Å². The van der Waals surface area contributed by atoms with Crippen molar-refractivity contribution in [1.82, 2.24) is 4.90 Å². The minimum atomic E-state index is -5.08. The molecule has 2 heterocycles. The second-order valence-electron chi connectivity index (χ2n) is 12.4. The molecule has 0 radical (unpaired) electrons. The number of carbonyl (C=O) groups excluding carboxylic acids is 3. The Labute approximate surface area is 284 Å². The highest BCUT2D eigenvalue weighted by Crippen LogP contribution is 2.41. The summed E-state index contributed by atoms with van der Waals surface area (Å²) in [7, 11) is 1.31. The van der Waals surface area contributed by atoms with E-state index < -0.39 is 52.4 Å². The van der Waals surface area contributed by atoms with E-state index in [2.05, 4.69) is 10.6 Å². The molecule has 266 valence electrons. The van der Waals surface area contributed by atoms with E-state index in [9.17, 15) is 50.2 Å².